The summed E-state index contributed by atoms with van der Waals surface area (Å²) in [5.74, 6) is 0. The highest BCUT2D eigenvalue weighted by molar-refractivity contribution is 5.76. The maximum Gasteiger partial charge on any atom is 0.0321 e. The number of hydrogen-bond acceptors (Lipinski definition) is 0. The maximum absolute atomic E-state index is 3.13. The molecule has 0 radical (unpaired) electrons. The van der Waals surface area contributed by atoms with E-state index in [1.807, 2.05) is 53.7 Å². The van der Waals surface area contributed by atoms with E-state index in [-0.39, 0.29) is 0 Å². The Kier molecular flexibility index (Phi) is 12.5. The Morgan fingerprint density at radius 1 is 0.600 bits per heavy atom. The molecule has 0 heteroatoms. The van der Waals surface area contributed by atoms with Gasteiger partial charge in [0.2, 0.25) is 0 Å². The smallest absolute Gasteiger partial charge is 0.0321 e. The summed E-state index contributed by atoms with van der Waals surface area (Å²) >= 11 is 0. The molecular formula is C25H32. The van der Waals surface area contributed by atoms with E-state index in [2.05, 4.69) is 73.0 Å². The van der Waals surface area contributed by atoms with Crippen molar-refractivity contribution in [3.8, 4) is 11.1 Å². The average Bonchev–Trinajstić information content (AvgIpc) is 2.74. The van der Waals surface area contributed by atoms with Crippen LogP contribution < -0.4 is 0 Å². The van der Waals surface area contributed by atoms with Crippen LogP contribution >= 0.6 is 0 Å². The molecule has 0 nitrogen and oxygen atoms in total. The summed E-state index contributed by atoms with van der Waals surface area (Å²) in [7, 11) is 0. The highest BCUT2D eigenvalue weighted by Gasteiger charge is 2.01. The van der Waals surface area contributed by atoms with Crippen LogP contribution in [-0.4, -0.2) is 0 Å². The van der Waals surface area contributed by atoms with E-state index < -0.39 is 0 Å². The lowest BCUT2D eigenvalue weighted by atomic mass is 9.99. The molecule has 0 N–H and O–H groups in total. The molecular weight excluding hydrogens is 300 g/mol. The fraction of sp³-hybridized carbons (Fsp3) is 0.280. The first-order valence-corrected chi connectivity index (χ1v) is 9.39. The van der Waals surface area contributed by atoms with Gasteiger partial charge < -0.3 is 0 Å². The van der Waals surface area contributed by atoms with Crippen LogP contribution in [0.1, 0.15) is 52.7 Å². The first kappa shape index (κ1) is 22.5. The van der Waals surface area contributed by atoms with Crippen LogP contribution in [0.15, 0.2) is 78.2 Å². The zero-order valence-electron chi connectivity index (χ0n) is 16.9. The molecule has 3 rings (SSSR count). The molecule has 0 heterocycles. The maximum atomic E-state index is 3.13. The van der Waals surface area contributed by atoms with Crippen molar-refractivity contribution in [1.82, 2.24) is 0 Å². The fourth-order valence-corrected chi connectivity index (χ4v) is 2.11. The van der Waals surface area contributed by atoms with Gasteiger partial charge in [-0.05, 0) is 35.8 Å². The zero-order chi connectivity index (χ0) is 19.1. The van der Waals surface area contributed by atoms with E-state index in [1.54, 1.807) is 0 Å². The van der Waals surface area contributed by atoms with Crippen LogP contribution in [0.5, 0.6) is 0 Å². The molecule has 2 aromatic carbocycles. The van der Waals surface area contributed by atoms with E-state index in [0.717, 1.165) is 5.57 Å². The van der Waals surface area contributed by atoms with Gasteiger partial charge in [-0.15, -0.1) is 0 Å². The summed E-state index contributed by atoms with van der Waals surface area (Å²) in [5.41, 5.74) is 12.1. The highest BCUT2D eigenvalue weighted by Crippen LogP contribution is 2.23. The lowest BCUT2D eigenvalue weighted by Gasteiger charge is -2.05. The molecule has 0 aromatic heterocycles. The van der Waals surface area contributed by atoms with Crippen LogP contribution in [0.25, 0.3) is 16.7 Å². The van der Waals surface area contributed by atoms with Crippen LogP contribution in [0.4, 0.5) is 0 Å². The van der Waals surface area contributed by atoms with Gasteiger partial charge in [-0.25, -0.2) is 0 Å². The number of rotatable bonds is 2. The molecule has 0 saturated heterocycles. The van der Waals surface area contributed by atoms with Gasteiger partial charge in [0.05, 0.1) is 0 Å². The predicted octanol–water partition coefficient (Wildman–Crippen LogP) is 8.00. The van der Waals surface area contributed by atoms with Crippen molar-refractivity contribution >= 4 is 5.57 Å². The summed E-state index contributed by atoms with van der Waals surface area (Å²) in [4.78, 5) is 0. The van der Waals surface area contributed by atoms with E-state index in [1.165, 1.54) is 22.3 Å². The molecule has 0 aliphatic heterocycles. The Morgan fingerprint density at radius 2 is 1.04 bits per heavy atom. The molecule has 25 heavy (non-hydrogen) atoms. The summed E-state index contributed by atoms with van der Waals surface area (Å²) < 4.78 is 0. The van der Waals surface area contributed by atoms with Gasteiger partial charge in [0, 0.05) is 5.57 Å². The summed E-state index contributed by atoms with van der Waals surface area (Å²) in [6.45, 7) is 14.1. The normalized spacial score (nSPS) is 10.3. The molecule has 0 spiro atoms. The Labute approximate surface area is 154 Å². The van der Waals surface area contributed by atoms with Gasteiger partial charge in [0.15, 0.2) is 0 Å². The quantitative estimate of drug-likeness (QED) is 0.489. The third-order valence-electron chi connectivity index (χ3n) is 3.23. The Morgan fingerprint density at radius 3 is 1.48 bits per heavy atom. The molecule has 132 valence electrons. The molecule has 1 aliphatic rings. The van der Waals surface area contributed by atoms with Gasteiger partial charge in [0.1, 0.15) is 0 Å². The predicted molar refractivity (Wildman–Crippen MR) is 115 cm³/mol. The lowest BCUT2D eigenvalue weighted by molar-refractivity contribution is 1.47. The minimum absolute atomic E-state index is 1.08. The van der Waals surface area contributed by atoms with Gasteiger partial charge in [-0.3, -0.25) is 0 Å². The summed E-state index contributed by atoms with van der Waals surface area (Å²) in [6.07, 6.45) is 5.90. The van der Waals surface area contributed by atoms with Gasteiger partial charge in [-0.1, -0.05) is 113 Å². The summed E-state index contributed by atoms with van der Waals surface area (Å²) in [5, 5.41) is 0. The largest absolute Gasteiger partial charge is 0.0696 e. The van der Waals surface area contributed by atoms with Crippen LogP contribution in [-0.2, 0) is 0 Å². The third kappa shape index (κ3) is 7.27. The molecule has 2 aromatic rings. The van der Waals surface area contributed by atoms with Crippen molar-refractivity contribution in [3.05, 3.63) is 89.3 Å². The minimum atomic E-state index is 1.08. The summed E-state index contributed by atoms with van der Waals surface area (Å²) in [6, 6.07) is 17.2. The van der Waals surface area contributed by atoms with Gasteiger partial charge >= 0.3 is 0 Å². The average molecular weight is 333 g/mol. The number of aryl methyl sites for hydroxylation is 1. The van der Waals surface area contributed by atoms with Gasteiger partial charge in [0.25, 0.3) is 0 Å². The number of benzene rings is 2. The van der Waals surface area contributed by atoms with Crippen molar-refractivity contribution in [2.75, 3.05) is 0 Å². The van der Waals surface area contributed by atoms with Crippen LogP contribution in [0, 0.1) is 6.92 Å². The topological polar surface area (TPSA) is 0 Å². The van der Waals surface area contributed by atoms with Crippen LogP contribution in [0.2, 0.25) is 0 Å². The molecule has 1 aliphatic carbocycles. The molecule has 0 fully saturated rings. The van der Waals surface area contributed by atoms with Crippen LogP contribution in [0.3, 0.4) is 0 Å². The molecule has 0 amide bonds. The van der Waals surface area contributed by atoms with Crippen molar-refractivity contribution < 1.29 is 0 Å². The number of hydrogen-bond donors (Lipinski definition) is 0. The molecule has 0 bridgehead atoms. The van der Waals surface area contributed by atoms with E-state index in [9.17, 15) is 0 Å². The second-order valence-corrected chi connectivity index (χ2v) is 4.65. The first-order valence-electron chi connectivity index (χ1n) is 9.39. The minimum Gasteiger partial charge on any atom is -0.0696 e. The second kappa shape index (κ2) is 13.9. The monoisotopic (exact) mass is 332 g/mol. The second-order valence-electron chi connectivity index (χ2n) is 4.65. The zero-order valence-corrected chi connectivity index (χ0v) is 16.9. The Balaban J connectivity index is 0.000000871. The Bertz CT molecular complexity index is 713. The molecule has 0 unspecified atom stereocenters. The van der Waals surface area contributed by atoms with Crippen molar-refractivity contribution in [2.24, 2.45) is 0 Å². The lowest BCUT2D eigenvalue weighted by Crippen LogP contribution is -1.83. The molecule has 0 atom stereocenters. The van der Waals surface area contributed by atoms with Crippen molar-refractivity contribution in [2.45, 2.75) is 48.5 Å². The highest BCUT2D eigenvalue weighted by atomic mass is 14.0. The van der Waals surface area contributed by atoms with Crippen molar-refractivity contribution in [3.63, 3.8) is 0 Å². The fourth-order valence-electron chi connectivity index (χ4n) is 2.11. The van der Waals surface area contributed by atoms with E-state index in [0.29, 0.717) is 0 Å². The Hall–Kier alpha value is -2.52. The standard InChI is InChI=1S/C19H14.3C2H6/c1-15-7-9-17(10-8-15)19-13-11-18(12-14-19)16-5-3-2-4-6-16;3*1-2/h2-3,5,7-14H,1H3;3*1-2H3. The SMILES string of the molecule is CC.CC.CC.Cc1ccc(-c2ccc(C3=C=C=CC=C3)cc2)cc1. The first-order chi connectivity index (χ1) is 12.3. The van der Waals surface area contributed by atoms with Crippen molar-refractivity contribution in [1.29, 1.82) is 0 Å². The number of allylic oxidation sites excluding steroid dienone is 4. The van der Waals surface area contributed by atoms with Gasteiger partial charge in [-0.2, -0.15) is 0 Å². The molecule has 0 saturated carbocycles. The van der Waals surface area contributed by atoms with E-state index in [4.69, 9.17) is 0 Å². The van der Waals surface area contributed by atoms with E-state index >= 15 is 0 Å². The third-order valence-corrected chi connectivity index (χ3v) is 3.23.